The van der Waals surface area contributed by atoms with E-state index in [1.807, 2.05) is 37.3 Å². The van der Waals surface area contributed by atoms with Crippen LogP contribution in [0.15, 0.2) is 65.1 Å². The van der Waals surface area contributed by atoms with E-state index in [9.17, 15) is 8.42 Å². The molecule has 0 fully saturated rings. The molecule has 0 spiro atoms. The van der Waals surface area contributed by atoms with Gasteiger partial charge in [-0.2, -0.15) is 0 Å². The van der Waals surface area contributed by atoms with E-state index in [0.29, 0.717) is 23.9 Å². The summed E-state index contributed by atoms with van der Waals surface area (Å²) in [5.74, 6) is 0.928. The molecule has 1 N–H and O–H groups in total. The topological polar surface area (TPSA) is 84.4 Å². The highest BCUT2D eigenvalue weighted by atomic mass is 32.2. The summed E-state index contributed by atoms with van der Waals surface area (Å²) in [4.78, 5) is 9.78. The van der Waals surface area contributed by atoms with Crippen molar-refractivity contribution >= 4 is 43.1 Å². The Morgan fingerprint density at radius 2 is 1.87 bits per heavy atom. The van der Waals surface area contributed by atoms with Gasteiger partial charge < -0.3 is 10.1 Å². The molecule has 2 aromatic carbocycles. The van der Waals surface area contributed by atoms with Crippen LogP contribution < -0.4 is 10.1 Å². The zero-order valence-electron chi connectivity index (χ0n) is 17.4. The molecule has 0 aliphatic rings. The van der Waals surface area contributed by atoms with Gasteiger partial charge in [-0.05, 0) is 30.7 Å². The van der Waals surface area contributed by atoms with Crippen molar-refractivity contribution in [2.75, 3.05) is 26.0 Å². The third kappa shape index (κ3) is 4.12. The van der Waals surface area contributed by atoms with E-state index in [2.05, 4.69) is 20.7 Å². The second-order valence-corrected chi connectivity index (χ2v) is 9.90. The number of fused-ring (bicyclic) bond motifs is 1. The SMILES string of the molecule is CCOc1ccc(Nc2ncnc3scc(-c4ccccc4)c23)cc1S(=O)(=O)N(C)C. The number of sulfonamides is 1. The van der Waals surface area contributed by atoms with Crippen molar-refractivity contribution in [1.82, 2.24) is 14.3 Å². The maximum atomic E-state index is 12.8. The van der Waals surface area contributed by atoms with Gasteiger partial charge in [-0.1, -0.05) is 30.3 Å². The lowest BCUT2D eigenvalue weighted by Gasteiger charge is -2.17. The summed E-state index contributed by atoms with van der Waals surface area (Å²) in [6.45, 7) is 2.18. The Morgan fingerprint density at radius 1 is 1.10 bits per heavy atom. The summed E-state index contributed by atoms with van der Waals surface area (Å²) in [6, 6.07) is 15.0. The molecule has 0 radical (unpaired) electrons. The highest BCUT2D eigenvalue weighted by molar-refractivity contribution is 7.89. The molecule has 160 valence electrons. The molecular formula is C22H22N4O3S2. The molecule has 2 aromatic heterocycles. The van der Waals surface area contributed by atoms with E-state index in [1.54, 1.807) is 29.5 Å². The zero-order chi connectivity index (χ0) is 22.0. The van der Waals surface area contributed by atoms with Crippen LogP contribution in [0, 0.1) is 0 Å². The van der Waals surface area contributed by atoms with Gasteiger partial charge in [0, 0.05) is 30.7 Å². The molecule has 9 heteroatoms. The summed E-state index contributed by atoms with van der Waals surface area (Å²) in [5, 5.41) is 6.23. The van der Waals surface area contributed by atoms with E-state index in [1.165, 1.54) is 24.7 Å². The lowest BCUT2D eigenvalue weighted by Crippen LogP contribution is -2.23. The number of nitrogens with zero attached hydrogens (tertiary/aromatic N) is 3. The van der Waals surface area contributed by atoms with E-state index in [-0.39, 0.29) is 4.90 Å². The normalized spacial score (nSPS) is 11.7. The first kappa shape index (κ1) is 21.2. The summed E-state index contributed by atoms with van der Waals surface area (Å²) in [7, 11) is -0.696. The average Bonchev–Trinajstić information content (AvgIpc) is 3.21. The molecule has 0 unspecified atom stereocenters. The van der Waals surface area contributed by atoms with Crippen molar-refractivity contribution in [2.45, 2.75) is 11.8 Å². The molecule has 4 aromatic rings. The Balaban J connectivity index is 1.81. The lowest BCUT2D eigenvalue weighted by atomic mass is 10.1. The third-order valence-electron chi connectivity index (χ3n) is 4.72. The predicted octanol–water partition coefficient (Wildman–Crippen LogP) is 4.75. The highest BCUT2D eigenvalue weighted by Crippen LogP contribution is 2.38. The molecule has 0 aliphatic heterocycles. The minimum absolute atomic E-state index is 0.100. The van der Waals surface area contributed by atoms with E-state index >= 15 is 0 Å². The van der Waals surface area contributed by atoms with Crippen LogP contribution in [0.2, 0.25) is 0 Å². The second-order valence-electron chi connectivity index (χ2n) is 6.92. The van der Waals surface area contributed by atoms with Crippen molar-refractivity contribution in [2.24, 2.45) is 0 Å². The summed E-state index contributed by atoms with van der Waals surface area (Å²) < 4.78 is 32.4. The molecule has 0 atom stereocenters. The largest absolute Gasteiger partial charge is 0.492 e. The smallest absolute Gasteiger partial charge is 0.246 e. The van der Waals surface area contributed by atoms with Crippen LogP contribution >= 0.6 is 11.3 Å². The second kappa shape index (κ2) is 8.62. The van der Waals surface area contributed by atoms with Crippen molar-refractivity contribution in [3.05, 3.63) is 60.2 Å². The number of rotatable bonds is 7. The molecule has 7 nitrogen and oxygen atoms in total. The van der Waals surface area contributed by atoms with Gasteiger partial charge in [-0.25, -0.2) is 22.7 Å². The standard InChI is InChI=1S/C22H22N4O3S2/c1-4-29-18-11-10-16(12-19(18)31(27,28)26(2)3)25-21-20-17(15-8-6-5-7-9-15)13-30-22(20)24-14-23-21/h5-14H,4H2,1-3H3,(H,23,24,25). The number of hydrogen-bond donors (Lipinski definition) is 1. The van der Waals surface area contributed by atoms with E-state index in [0.717, 1.165) is 21.3 Å². The van der Waals surface area contributed by atoms with E-state index in [4.69, 9.17) is 4.74 Å². The molecule has 0 aliphatic carbocycles. The van der Waals surface area contributed by atoms with Gasteiger partial charge in [0.2, 0.25) is 10.0 Å². The quantitative estimate of drug-likeness (QED) is 0.434. The molecule has 0 bridgehead atoms. The number of aromatic nitrogens is 2. The molecular weight excluding hydrogens is 432 g/mol. The van der Waals surface area contributed by atoms with Crippen molar-refractivity contribution in [3.63, 3.8) is 0 Å². The Bertz CT molecular complexity index is 1320. The number of benzene rings is 2. The van der Waals surface area contributed by atoms with Crippen LogP contribution in [0.3, 0.4) is 0 Å². The number of thiophene rings is 1. The summed E-state index contributed by atoms with van der Waals surface area (Å²) >= 11 is 1.54. The molecule has 4 rings (SSSR count). The third-order valence-corrected chi connectivity index (χ3v) is 7.44. The molecule has 0 amide bonds. The first-order valence-electron chi connectivity index (χ1n) is 9.66. The van der Waals surface area contributed by atoms with Crippen LogP contribution in [0.1, 0.15) is 6.92 Å². The van der Waals surface area contributed by atoms with Gasteiger partial charge in [-0.15, -0.1) is 11.3 Å². The molecule has 0 saturated heterocycles. The monoisotopic (exact) mass is 454 g/mol. The highest BCUT2D eigenvalue weighted by Gasteiger charge is 2.23. The van der Waals surface area contributed by atoms with Crippen molar-refractivity contribution < 1.29 is 13.2 Å². The minimum atomic E-state index is -3.69. The van der Waals surface area contributed by atoms with Gasteiger partial charge in [0.1, 0.15) is 27.6 Å². The van der Waals surface area contributed by atoms with Crippen LogP contribution in [-0.4, -0.2) is 43.4 Å². The Labute approximate surface area is 185 Å². The first-order valence-corrected chi connectivity index (χ1v) is 12.0. The van der Waals surface area contributed by atoms with Crippen LogP contribution in [-0.2, 0) is 10.0 Å². The fourth-order valence-corrected chi connectivity index (χ4v) is 5.16. The fourth-order valence-electron chi connectivity index (χ4n) is 3.20. The summed E-state index contributed by atoms with van der Waals surface area (Å²) in [5.41, 5.74) is 2.68. The van der Waals surface area contributed by atoms with Gasteiger partial charge in [0.05, 0.1) is 12.0 Å². The molecule has 0 saturated carbocycles. The van der Waals surface area contributed by atoms with Crippen LogP contribution in [0.5, 0.6) is 5.75 Å². The predicted molar refractivity (Wildman–Crippen MR) is 125 cm³/mol. The van der Waals surface area contributed by atoms with E-state index < -0.39 is 10.0 Å². The first-order chi connectivity index (χ1) is 14.9. The molecule has 31 heavy (non-hydrogen) atoms. The number of ether oxygens (including phenoxy) is 1. The average molecular weight is 455 g/mol. The van der Waals surface area contributed by atoms with Crippen molar-refractivity contribution in [3.8, 4) is 16.9 Å². The summed E-state index contributed by atoms with van der Waals surface area (Å²) in [6.07, 6.45) is 1.50. The maximum absolute atomic E-state index is 12.8. The minimum Gasteiger partial charge on any atom is -0.492 e. The number of hydrogen-bond acceptors (Lipinski definition) is 7. The van der Waals surface area contributed by atoms with Crippen molar-refractivity contribution in [1.29, 1.82) is 0 Å². The fraction of sp³-hybridized carbons (Fsp3) is 0.182. The van der Waals surface area contributed by atoms with Gasteiger partial charge in [-0.3, -0.25) is 0 Å². The van der Waals surface area contributed by atoms with Gasteiger partial charge in [0.15, 0.2) is 0 Å². The Kier molecular flexibility index (Phi) is 5.90. The van der Waals surface area contributed by atoms with Crippen LogP contribution in [0.4, 0.5) is 11.5 Å². The van der Waals surface area contributed by atoms with Gasteiger partial charge >= 0.3 is 0 Å². The Hall–Kier alpha value is -3.01. The number of nitrogens with one attached hydrogen (secondary N) is 1. The number of anilines is 2. The van der Waals surface area contributed by atoms with Crippen LogP contribution in [0.25, 0.3) is 21.3 Å². The lowest BCUT2D eigenvalue weighted by molar-refractivity contribution is 0.330. The Morgan fingerprint density at radius 3 is 2.58 bits per heavy atom. The molecule has 2 heterocycles. The zero-order valence-corrected chi connectivity index (χ0v) is 19.0. The van der Waals surface area contributed by atoms with Gasteiger partial charge in [0.25, 0.3) is 0 Å². The maximum Gasteiger partial charge on any atom is 0.246 e.